The van der Waals surface area contributed by atoms with Gasteiger partial charge in [-0.05, 0) is 36.4 Å². The van der Waals surface area contributed by atoms with Crippen LogP contribution >= 0.6 is 11.6 Å². The molecule has 3 nitrogen and oxygen atoms in total. The van der Waals surface area contributed by atoms with Crippen molar-refractivity contribution in [3.05, 3.63) is 58.4 Å². The number of rotatable bonds is 2. The van der Waals surface area contributed by atoms with Gasteiger partial charge >= 0.3 is 6.18 Å². The van der Waals surface area contributed by atoms with Gasteiger partial charge in [-0.15, -0.1) is 0 Å². The molecule has 0 aromatic heterocycles. The van der Waals surface area contributed by atoms with Gasteiger partial charge in [0.05, 0.1) is 11.1 Å². The summed E-state index contributed by atoms with van der Waals surface area (Å²) < 4.78 is 51.0. The van der Waals surface area contributed by atoms with Gasteiger partial charge in [0.1, 0.15) is 11.6 Å². The van der Waals surface area contributed by atoms with Gasteiger partial charge in [0.15, 0.2) is 0 Å². The number of alkyl halides is 3. The molecule has 0 aliphatic rings. The van der Waals surface area contributed by atoms with Gasteiger partial charge < -0.3 is 10.4 Å². The van der Waals surface area contributed by atoms with E-state index in [4.69, 9.17) is 11.6 Å². The van der Waals surface area contributed by atoms with E-state index in [1.807, 2.05) is 0 Å². The van der Waals surface area contributed by atoms with Crippen molar-refractivity contribution < 1.29 is 27.5 Å². The van der Waals surface area contributed by atoms with E-state index >= 15 is 0 Å². The largest absolute Gasteiger partial charge is 0.507 e. The Morgan fingerprint density at radius 1 is 1.14 bits per heavy atom. The van der Waals surface area contributed by atoms with Gasteiger partial charge in [0, 0.05) is 10.7 Å². The predicted molar refractivity (Wildman–Crippen MR) is 72.5 cm³/mol. The molecular weight excluding hydrogens is 326 g/mol. The molecule has 0 aliphatic heterocycles. The Morgan fingerprint density at radius 2 is 1.82 bits per heavy atom. The average molecular weight is 334 g/mol. The number of anilines is 1. The van der Waals surface area contributed by atoms with Gasteiger partial charge in [0.2, 0.25) is 0 Å². The third-order valence-corrected chi connectivity index (χ3v) is 2.92. The van der Waals surface area contributed by atoms with E-state index in [1.165, 1.54) is 6.07 Å². The van der Waals surface area contributed by atoms with Crippen LogP contribution in [0.2, 0.25) is 5.02 Å². The summed E-state index contributed by atoms with van der Waals surface area (Å²) in [5.74, 6) is -2.48. The summed E-state index contributed by atoms with van der Waals surface area (Å²) >= 11 is 5.67. The average Bonchev–Trinajstić information content (AvgIpc) is 2.39. The number of hydrogen-bond acceptors (Lipinski definition) is 2. The smallest absolute Gasteiger partial charge is 0.416 e. The number of halogens is 5. The molecule has 0 spiro atoms. The number of benzene rings is 2. The van der Waals surface area contributed by atoms with Crippen molar-refractivity contribution in [2.75, 3.05) is 5.32 Å². The Labute approximate surface area is 127 Å². The highest BCUT2D eigenvalue weighted by atomic mass is 35.5. The van der Waals surface area contributed by atoms with Gasteiger partial charge in [0.25, 0.3) is 5.91 Å². The van der Waals surface area contributed by atoms with Crippen LogP contribution in [0, 0.1) is 5.82 Å². The molecule has 2 aromatic rings. The number of phenols is 1. The lowest BCUT2D eigenvalue weighted by molar-refractivity contribution is -0.137. The molecule has 2 N–H and O–H groups in total. The Hall–Kier alpha value is -2.28. The molecule has 0 heterocycles. The topological polar surface area (TPSA) is 49.3 Å². The van der Waals surface area contributed by atoms with Crippen molar-refractivity contribution in [3.8, 4) is 5.75 Å². The molecule has 0 saturated carbocycles. The second kappa shape index (κ2) is 5.84. The van der Waals surface area contributed by atoms with Crippen LogP contribution in [0.5, 0.6) is 5.75 Å². The van der Waals surface area contributed by atoms with Crippen molar-refractivity contribution in [2.24, 2.45) is 0 Å². The van der Waals surface area contributed by atoms with Crippen LogP contribution in [-0.4, -0.2) is 11.0 Å². The number of amides is 1. The number of phenolic OH excluding ortho intramolecular Hbond substituents is 1. The normalized spacial score (nSPS) is 11.3. The zero-order chi connectivity index (χ0) is 16.5. The lowest BCUT2D eigenvalue weighted by atomic mass is 10.1. The van der Waals surface area contributed by atoms with Crippen LogP contribution in [0.4, 0.5) is 23.2 Å². The number of hydrogen-bond donors (Lipinski definition) is 2. The molecule has 0 radical (unpaired) electrons. The van der Waals surface area contributed by atoms with Gasteiger partial charge in [-0.3, -0.25) is 4.79 Å². The first-order valence-corrected chi connectivity index (χ1v) is 6.22. The van der Waals surface area contributed by atoms with Gasteiger partial charge in [-0.25, -0.2) is 4.39 Å². The summed E-state index contributed by atoms with van der Waals surface area (Å²) in [6.07, 6.45) is -4.75. The van der Waals surface area contributed by atoms with Crippen molar-refractivity contribution >= 4 is 23.2 Å². The Bertz CT molecular complexity index is 731. The minimum Gasteiger partial charge on any atom is -0.507 e. The lowest BCUT2D eigenvalue weighted by Crippen LogP contribution is -2.14. The van der Waals surface area contributed by atoms with E-state index < -0.39 is 34.9 Å². The van der Waals surface area contributed by atoms with Crippen molar-refractivity contribution in [1.82, 2.24) is 0 Å². The summed E-state index contributed by atoms with van der Waals surface area (Å²) in [5.41, 5.74) is -1.87. The first kappa shape index (κ1) is 16.1. The summed E-state index contributed by atoms with van der Waals surface area (Å²) in [4.78, 5) is 11.9. The predicted octanol–water partition coefficient (Wildman–Crippen LogP) is 4.46. The number of aromatic hydroxyl groups is 1. The van der Waals surface area contributed by atoms with Crippen molar-refractivity contribution in [2.45, 2.75) is 6.18 Å². The van der Waals surface area contributed by atoms with E-state index in [-0.39, 0.29) is 10.6 Å². The third-order valence-electron chi connectivity index (χ3n) is 2.69. The maximum atomic E-state index is 13.2. The van der Waals surface area contributed by atoms with Crippen LogP contribution in [0.25, 0.3) is 0 Å². The van der Waals surface area contributed by atoms with Crippen LogP contribution in [-0.2, 0) is 6.18 Å². The minimum atomic E-state index is -4.75. The summed E-state index contributed by atoms with van der Waals surface area (Å²) in [6.45, 7) is 0. The van der Waals surface area contributed by atoms with Crippen LogP contribution in [0.3, 0.4) is 0 Å². The standard InChI is InChI=1S/C14H8ClF4NO2/c15-8-1-2-12(21)11(5-8)13(22)20-10-4-7(14(17,18)19)3-9(16)6-10/h1-6,21H,(H,20,22). The molecule has 116 valence electrons. The Kier molecular flexibility index (Phi) is 4.27. The highest BCUT2D eigenvalue weighted by Gasteiger charge is 2.31. The molecule has 0 aliphatic carbocycles. The maximum absolute atomic E-state index is 13.2. The molecule has 8 heteroatoms. The maximum Gasteiger partial charge on any atom is 0.416 e. The van der Waals surface area contributed by atoms with Crippen LogP contribution in [0.1, 0.15) is 15.9 Å². The van der Waals surface area contributed by atoms with E-state index in [0.717, 1.165) is 18.2 Å². The molecule has 22 heavy (non-hydrogen) atoms. The van der Waals surface area contributed by atoms with E-state index in [0.29, 0.717) is 12.1 Å². The molecule has 0 saturated heterocycles. The SMILES string of the molecule is O=C(Nc1cc(F)cc(C(F)(F)F)c1)c1cc(Cl)ccc1O. The molecule has 2 rings (SSSR count). The molecule has 2 aromatic carbocycles. The van der Waals surface area contributed by atoms with E-state index in [2.05, 4.69) is 5.32 Å². The monoisotopic (exact) mass is 333 g/mol. The number of carbonyl (C=O) groups is 1. The first-order valence-electron chi connectivity index (χ1n) is 5.84. The molecular formula is C14H8ClF4NO2. The molecule has 0 unspecified atom stereocenters. The molecule has 0 bridgehead atoms. The fraction of sp³-hybridized carbons (Fsp3) is 0.0714. The Morgan fingerprint density at radius 3 is 2.45 bits per heavy atom. The van der Waals surface area contributed by atoms with E-state index in [9.17, 15) is 27.5 Å². The van der Waals surface area contributed by atoms with Crippen molar-refractivity contribution in [3.63, 3.8) is 0 Å². The number of nitrogens with one attached hydrogen (secondary N) is 1. The first-order chi connectivity index (χ1) is 10.2. The molecule has 1 amide bonds. The number of carbonyl (C=O) groups excluding carboxylic acids is 1. The highest BCUT2D eigenvalue weighted by molar-refractivity contribution is 6.31. The second-order valence-electron chi connectivity index (χ2n) is 4.34. The summed E-state index contributed by atoms with van der Waals surface area (Å²) in [5, 5.41) is 11.8. The van der Waals surface area contributed by atoms with Crippen molar-refractivity contribution in [1.29, 1.82) is 0 Å². The van der Waals surface area contributed by atoms with Gasteiger partial charge in [-0.2, -0.15) is 13.2 Å². The molecule has 0 atom stereocenters. The fourth-order valence-electron chi connectivity index (χ4n) is 1.71. The Balaban J connectivity index is 2.32. The minimum absolute atomic E-state index is 0.151. The quantitative estimate of drug-likeness (QED) is 0.797. The van der Waals surface area contributed by atoms with E-state index in [1.54, 1.807) is 0 Å². The zero-order valence-corrected chi connectivity index (χ0v) is 11.5. The van der Waals surface area contributed by atoms with Gasteiger partial charge in [-0.1, -0.05) is 11.6 Å². The van der Waals surface area contributed by atoms with Crippen LogP contribution in [0.15, 0.2) is 36.4 Å². The third kappa shape index (κ3) is 3.67. The zero-order valence-electron chi connectivity index (χ0n) is 10.7. The molecule has 0 fully saturated rings. The summed E-state index contributed by atoms with van der Waals surface area (Å²) in [7, 11) is 0. The lowest BCUT2D eigenvalue weighted by Gasteiger charge is -2.11. The second-order valence-corrected chi connectivity index (χ2v) is 4.78. The highest BCUT2D eigenvalue weighted by Crippen LogP contribution is 2.32. The fourth-order valence-corrected chi connectivity index (χ4v) is 1.89. The summed E-state index contributed by atoms with van der Waals surface area (Å²) in [6, 6.07) is 5.25. The van der Waals surface area contributed by atoms with Crippen LogP contribution < -0.4 is 5.32 Å².